The molecule has 0 aromatic carbocycles. The molecule has 1 aliphatic heterocycles. The molecule has 1 aliphatic rings. The van der Waals surface area contributed by atoms with Crippen molar-refractivity contribution in [2.45, 2.75) is 46.0 Å². The number of hydrogen-bond donors (Lipinski definition) is 0. The van der Waals surface area contributed by atoms with E-state index >= 15 is 0 Å². The Hall–Kier alpha value is -1.52. The van der Waals surface area contributed by atoms with Gasteiger partial charge in [0, 0.05) is 13.1 Å². The van der Waals surface area contributed by atoms with Crippen molar-refractivity contribution in [3.05, 3.63) is 21.7 Å². The molecule has 1 saturated heterocycles. The number of hydrogen-bond acceptors (Lipinski definition) is 3. The maximum absolute atomic E-state index is 12.3. The third-order valence-corrected chi connectivity index (χ3v) is 3.40. The van der Waals surface area contributed by atoms with Crippen LogP contribution in [-0.4, -0.2) is 28.8 Å². The average Bonchev–Trinajstić information content (AvgIpc) is 2.97. The van der Waals surface area contributed by atoms with Crippen LogP contribution in [0.15, 0.2) is 9.32 Å². The molecule has 100 valence electrons. The molecule has 0 radical (unpaired) electrons. The molecule has 18 heavy (non-hydrogen) atoms. The number of aromatic nitrogens is 1. The van der Waals surface area contributed by atoms with E-state index in [4.69, 9.17) is 4.52 Å². The Kier molecular flexibility index (Phi) is 3.89. The van der Waals surface area contributed by atoms with E-state index in [1.165, 1.54) is 4.74 Å². The van der Waals surface area contributed by atoms with E-state index in [1.54, 1.807) is 4.90 Å². The first kappa shape index (κ1) is 12.9. The molecule has 0 saturated carbocycles. The van der Waals surface area contributed by atoms with Gasteiger partial charge in [-0.2, -0.15) is 0 Å². The van der Waals surface area contributed by atoms with E-state index in [0.29, 0.717) is 18.4 Å². The Bertz CT molecular complexity index is 481. The summed E-state index contributed by atoms with van der Waals surface area (Å²) >= 11 is 0. The van der Waals surface area contributed by atoms with Crippen LogP contribution in [0.3, 0.4) is 0 Å². The first-order valence-corrected chi connectivity index (χ1v) is 6.72. The summed E-state index contributed by atoms with van der Waals surface area (Å²) in [6, 6.07) is -0.187. The van der Waals surface area contributed by atoms with Gasteiger partial charge in [0.25, 0.3) is 0 Å². The number of carbonyl (C=O) groups is 1. The van der Waals surface area contributed by atoms with E-state index < -0.39 is 0 Å². The number of amides is 1. The average molecular weight is 252 g/mol. The standard InChI is InChI=1S/C13H20N2O3/c1-3-7-11-10(4-2)12(16)18-15(11)13(17)14-8-5-6-9-14/h3-9H2,1-2H3. The number of carbonyl (C=O) groups excluding carboxylic acids is 1. The summed E-state index contributed by atoms with van der Waals surface area (Å²) in [5, 5.41) is 0. The third kappa shape index (κ3) is 2.21. The van der Waals surface area contributed by atoms with E-state index in [2.05, 4.69) is 0 Å². The van der Waals surface area contributed by atoms with Gasteiger partial charge in [0.15, 0.2) is 0 Å². The zero-order valence-corrected chi connectivity index (χ0v) is 11.1. The van der Waals surface area contributed by atoms with Crippen molar-refractivity contribution in [2.75, 3.05) is 13.1 Å². The molecule has 0 atom stereocenters. The van der Waals surface area contributed by atoms with Crippen LogP contribution in [0.2, 0.25) is 0 Å². The minimum Gasteiger partial charge on any atom is -0.327 e. The van der Waals surface area contributed by atoms with Crippen molar-refractivity contribution in [1.29, 1.82) is 0 Å². The fourth-order valence-corrected chi connectivity index (χ4v) is 2.46. The minimum atomic E-state index is -0.367. The number of rotatable bonds is 3. The molecular weight excluding hydrogens is 232 g/mol. The zero-order valence-electron chi connectivity index (χ0n) is 11.1. The number of likely N-dealkylation sites (tertiary alicyclic amines) is 1. The second-order valence-electron chi connectivity index (χ2n) is 4.68. The SMILES string of the molecule is CCCc1c(CC)c(=O)on1C(=O)N1CCCC1. The predicted octanol–water partition coefficient (Wildman–Crippen LogP) is 2.02. The highest BCUT2D eigenvalue weighted by molar-refractivity contribution is 5.76. The Morgan fingerprint density at radius 2 is 1.94 bits per heavy atom. The minimum absolute atomic E-state index is 0.187. The van der Waals surface area contributed by atoms with E-state index in [9.17, 15) is 9.59 Å². The second-order valence-corrected chi connectivity index (χ2v) is 4.68. The largest absolute Gasteiger partial charge is 0.361 e. The molecule has 1 amide bonds. The molecule has 0 aliphatic carbocycles. The smallest absolute Gasteiger partial charge is 0.327 e. The lowest BCUT2D eigenvalue weighted by molar-refractivity contribution is 0.173. The summed E-state index contributed by atoms with van der Waals surface area (Å²) in [7, 11) is 0. The van der Waals surface area contributed by atoms with Crippen molar-refractivity contribution >= 4 is 6.03 Å². The molecule has 2 heterocycles. The van der Waals surface area contributed by atoms with E-state index in [1.807, 2.05) is 13.8 Å². The summed E-state index contributed by atoms with van der Waals surface area (Å²) < 4.78 is 6.35. The van der Waals surface area contributed by atoms with Crippen molar-refractivity contribution in [3.63, 3.8) is 0 Å². The molecule has 1 aromatic heterocycles. The van der Waals surface area contributed by atoms with Gasteiger partial charge in [-0.05, 0) is 25.7 Å². The summed E-state index contributed by atoms with van der Waals surface area (Å²) in [6.45, 7) is 5.46. The summed E-state index contributed by atoms with van der Waals surface area (Å²) in [4.78, 5) is 25.8. The highest BCUT2D eigenvalue weighted by atomic mass is 16.5. The lowest BCUT2D eigenvalue weighted by Gasteiger charge is -2.15. The molecule has 1 aromatic rings. The van der Waals surface area contributed by atoms with Crippen LogP contribution < -0.4 is 5.63 Å². The fourth-order valence-electron chi connectivity index (χ4n) is 2.46. The van der Waals surface area contributed by atoms with Gasteiger partial charge in [-0.1, -0.05) is 20.3 Å². The molecule has 0 bridgehead atoms. The Balaban J connectivity index is 2.36. The Labute approximate surface area is 106 Å². The van der Waals surface area contributed by atoms with Gasteiger partial charge >= 0.3 is 11.7 Å². The molecule has 0 unspecified atom stereocenters. The Morgan fingerprint density at radius 3 is 2.50 bits per heavy atom. The van der Waals surface area contributed by atoms with Gasteiger partial charge in [-0.15, -0.1) is 4.74 Å². The van der Waals surface area contributed by atoms with Crippen molar-refractivity contribution in [3.8, 4) is 0 Å². The van der Waals surface area contributed by atoms with Gasteiger partial charge in [-0.25, -0.2) is 9.59 Å². The highest BCUT2D eigenvalue weighted by Gasteiger charge is 2.25. The Morgan fingerprint density at radius 1 is 1.28 bits per heavy atom. The molecule has 0 N–H and O–H groups in total. The quantitative estimate of drug-likeness (QED) is 0.827. The normalized spacial score (nSPS) is 15.3. The van der Waals surface area contributed by atoms with Gasteiger partial charge in [-0.3, -0.25) is 0 Å². The lowest BCUT2D eigenvalue weighted by Crippen LogP contribution is -2.32. The van der Waals surface area contributed by atoms with Crippen LogP contribution in [0.5, 0.6) is 0 Å². The van der Waals surface area contributed by atoms with Crippen LogP contribution in [-0.2, 0) is 12.8 Å². The first-order valence-electron chi connectivity index (χ1n) is 6.72. The lowest BCUT2D eigenvalue weighted by atomic mass is 10.1. The maximum Gasteiger partial charge on any atom is 0.361 e. The maximum atomic E-state index is 12.3. The summed E-state index contributed by atoms with van der Waals surface area (Å²) in [6.07, 6.45) is 4.26. The molecule has 1 fully saturated rings. The van der Waals surface area contributed by atoms with Crippen LogP contribution in [0, 0.1) is 0 Å². The fraction of sp³-hybridized carbons (Fsp3) is 0.692. The summed E-state index contributed by atoms with van der Waals surface area (Å²) in [5.41, 5.74) is 1.03. The van der Waals surface area contributed by atoms with Gasteiger partial charge in [0.1, 0.15) is 0 Å². The molecule has 5 nitrogen and oxygen atoms in total. The van der Waals surface area contributed by atoms with Gasteiger partial charge in [0.2, 0.25) is 0 Å². The second kappa shape index (κ2) is 5.42. The molecule has 0 spiro atoms. The van der Waals surface area contributed by atoms with Crippen LogP contribution in [0.1, 0.15) is 44.4 Å². The topological polar surface area (TPSA) is 55.5 Å². The van der Waals surface area contributed by atoms with Crippen molar-refractivity contribution in [1.82, 2.24) is 9.64 Å². The van der Waals surface area contributed by atoms with Crippen LogP contribution >= 0.6 is 0 Å². The van der Waals surface area contributed by atoms with Crippen LogP contribution in [0.25, 0.3) is 0 Å². The van der Waals surface area contributed by atoms with Crippen molar-refractivity contribution in [2.24, 2.45) is 0 Å². The first-order chi connectivity index (χ1) is 8.69. The zero-order chi connectivity index (χ0) is 13.1. The number of nitrogens with zero attached hydrogens (tertiary/aromatic N) is 2. The van der Waals surface area contributed by atoms with E-state index in [0.717, 1.165) is 38.0 Å². The highest BCUT2D eigenvalue weighted by Crippen LogP contribution is 2.14. The van der Waals surface area contributed by atoms with Crippen molar-refractivity contribution < 1.29 is 9.32 Å². The van der Waals surface area contributed by atoms with Crippen LogP contribution in [0.4, 0.5) is 4.79 Å². The molecule has 5 heteroatoms. The van der Waals surface area contributed by atoms with Gasteiger partial charge < -0.3 is 9.42 Å². The molecular formula is C13H20N2O3. The predicted molar refractivity (Wildman–Crippen MR) is 67.9 cm³/mol. The third-order valence-electron chi connectivity index (χ3n) is 3.40. The van der Waals surface area contributed by atoms with E-state index in [-0.39, 0.29) is 11.7 Å². The summed E-state index contributed by atoms with van der Waals surface area (Å²) in [5.74, 6) is 0. The monoisotopic (exact) mass is 252 g/mol. The molecule has 2 rings (SSSR count). The van der Waals surface area contributed by atoms with Gasteiger partial charge in [0.05, 0.1) is 11.3 Å².